The molecule has 3 rings (SSSR count). The lowest BCUT2D eigenvalue weighted by molar-refractivity contribution is 0.306. The maximum absolute atomic E-state index is 9.67. The molecule has 0 atom stereocenters. The molecule has 0 aromatic heterocycles. The topological polar surface area (TPSA) is 29.5 Å². The predicted octanol–water partition coefficient (Wildman–Crippen LogP) is 5.29. The molecule has 22 heavy (non-hydrogen) atoms. The van der Waals surface area contributed by atoms with E-state index in [4.69, 9.17) is 16.3 Å². The summed E-state index contributed by atoms with van der Waals surface area (Å²) in [5, 5.41) is 10.0. The maximum Gasteiger partial charge on any atom is 0.134 e. The molecule has 0 heterocycles. The van der Waals surface area contributed by atoms with Crippen LogP contribution in [0.2, 0.25) is 5.02 Å². The lowest BCUT2D eigenvalue weighted by Crippen LogP contribution is -1.94. The highest BCUT2D eigenvalue weighted by Gasteiger charge is 2.03. The Morgan fingerprint density at radius 3 is 2.18 bits per heavy atom. The molecule has 0 bridgehead atoms. The molecular weight excluding hydrogens is 296 g/mol. The number of phenols is 1. The number of rotatable bonds is 4. The normalized spacial score (nSPS) is 10.4. The van der Waals surface area contributed by atoms with Crippen molar-refractivity contribution in [2.75, 3.05) is 0 Å². The van der Waals surface area contributed by atoms with Crippen LogP contribution in [0.1, 0.15) is 5.56 Å². The molecule has 1 N–H and O–H groups in total. The van der Waals surface area contributed by atoms with E-state index in [-0.39, 0.29) is 5.75 Å². The van der Waals surface area contributed by atoms with E-state index >= 15 is 0 Å². The van der Waals surface area contributed by atoms with Crippen LogP contribution in [0.3, 0.4) is 0 Å². The molecule has 2 nitrogen and oxygen atoms in total. The number of hydrogen-bond acceptors (Lipinski definition) is 2. The molecule has 0 aliphatic carbocycles. The van der Waals surface area contributed by atoms with Gasteiger partial charge in [0, 0.05) is 0 Å². The average molecular weight is 311 g/mol. The fraction of sp³-hybridized carbons (Fsp3) is 0.0526. The summed E-state index contributed by atoms with van der Waals surface area (Å²) >= 11 is 5.82. The van der Waals surface area contributed by atoms with E-state index in [1.54, 1.807) is 12.1 Å². The zero-order chi connectivity index (χ0) is 15.4. The van der Waals surface area contributed by atoms with E-state index in [0.29, 0.717) is 11.6 Å². The van der Waals surface area contributed by atoms with E-state index < -0.39 is 0 Å². The average Bonchev–Trinajstić information content (AvgIpc) is 2.57. The molecule has 0 saturated heterocycles. The fourth-order valence-corrected chi connectivity index (χ4v) is 2.29. The highest BCUT2D eigenvalue weighted by molar-refractivity contribution is 6.32. The van der Waals surface area contributed by atoms with Crippen molar-refractivity contribution in [3.05, 3.63) is 83.4 Å². The van der Waals surface area contributed by atoms with E-state index in [0.717, 1.165) is 22.4 Å². The minimum Gasteiger partial charge on any atom is -0.506 e. The smallest absolute Gasteiger partial charge is 0.134 e. The third-order valence-electron chi connectivity index (χ3n) is 3.38. The van der Waals surface area contributed by atoms with Gasteiger partial charge >= 0.3 is 0 Å². The molecule has 0 saturated carbocycles. The number of halogens is 1. The number of benzene rings is 3. The van der Waals surface area contributed by atoms with E-state index in [1.807, 2.05) is 60.7 Å². The molecule has 0 spiro atoms. The Kier molecular flexibility index (Phi) is 4.31. The van der Waals surface area contributed by atoms with Gasteiger partial charge in [-0.25, -0.2) is 0 Å². The van der Waals surface area contributed by atoms with Gasteiger partial charge in [-0.3, -0.25) is 0 Å². The van der Waals surface area contributed by atoms with Crippen molar-refractivity contribution in [2.24, 2.45) is 0 Å². The third kappa shape index (κ3) is 3.41. The Bertz CT molecular complexity index is 752. The zero-order valence-electron chi connectivity index (χ0n) is 11.9. The third-order valence-corrected chi connectivity index (χ3v) is 3.70. The number of phenolic OH excluding ortho intramolecular Hbond substituents is 1. The van der Waals surface area contributed by atoms with Gasteiger partial charge in [0.25, 0.3) is 0 Å². The molecule has 0 aliphatic heterocycles. The first kappa shape index (κ1) is 14.5. The Morgan fingerprint density at radius 1 is 0.818 bits per heavy atom. The van der Waals surface area contributed by atoms with Crippen molar-refractivity contribution >= 4 is 11.6 Å². The first-order valence-corrected chi connectivity index (χ1v) is 7.36. The highest BCUT2D eigenvalue weighted by atomic mass is 35.5. The summed E-state index contributed by atoms with van der Waals surface area (Å²) in [6.45, 7) is 0.544. The van der Waals surface area contributed by atoms with Gasteiger partial charge in [0.2, 0.25) is 0 Å². The minimum atomic E-state index is 0.0866. The monoisotopic (exact) mass is 310 g/mol. The summed E-state index contributed by atoms with van der Waals surface area (Å²) in [5.41, 5.74) is 3.05. The Hall–Kier alpha value is -2.45. The minimum absolute atomic E-state index is 0.0866. The maximum atomic E-state index is 9.67. The van der Waals surface area contributed by atoms with Gasteiger partial charge in [0.1, 0.15) is 18.1 Å². The fourth-order valence-electron chi connectivity index (χ4n) is 2.18. The molecular formula is C19H15ClO2. The van der Waals surface area contributed by atoms with Crippen LogP contribution in [0.25, 0.3) is 11.1 Å². The van der Waals surface area contributed by atoms with Crippen molar-refractivity contribution < 1.29 is 9.84 Å². The summed E-state index contributed by atoms with van der Waals surface area (Å²) in [5.74, 6) is 0.898. The quantitative estimate of drug-likeness (QED) is 0.709. The van der Waals surface area contributed by atoms with Gasteiger partial charge in [-0.15, -0.1) is 0 Å². The molecule has 0 aliphatic rings. The molecule has 3 aromatic carbocycles. The van der Waals surface area contributed by atoms with Crippen LogP contribution in [0.5, 0.6) is 11.5 Å². The molecule has 0 radical (unpaired) electrons. The van der Waals surface area contributed by atoms with Gasteiger partial charge in [-0.1, -0.05) is 60.1 Å². The predicted molar refractivity (Wildman–Crippen MR) is 89.3 cm³/mol. The summed E-state index contributed by atoms with van der Waals surface area (Å²) in [6.07, 6.45) is 0. The molecule has 3 aromatic rings. The van der Waals surface area contributed by atoms with Crippen LogP contribution in [-0.4, -0.2) is 5.11 Å². The van der Waals surface area contributed by atoms with Crippen LogP contribution in [0.4, 0.5) is 0 Å². The number of aromatic hydroxyl groups is 1. The lowest BCUT2D eigenvalue weighted by Gasteiger charge is -2.08. The highest BCUT2D eigenvalue weighted by Crippen LogP contribution is 2.30. The Morgan fingerprint density at radius 2 is 1.50 bits per heavy atom. The number of hydrogen-bond donors (Lipinski definition) is 1. The van der Waals surface area contributed by atoms with Crippen LogP contribution in [0, 0.1) is 0 Å². The van der Waals surface area contributed by atoms with Gasteiger partial charge < -0.3 is 9.84 Å². The summed E-state index contributed by atoms with van der Waals surface area (Å²) in [7, 11) is 0. The van der Waals surface area contributed by atoms with Crippen LogP contribution in [-0.2, 0) is 6.61 Å². The van der Waals surface area contributed by atoms with E-state index in [9.17, 15) is 5.11 Å². The summed E-state index contributed by atoms with van der Waals surface area (Å²) in [4.78, 5) is 0. The van der Waals surface area contributed by atoms with Gasteiger partial charge in [0.05, 0.1) is 5.02 Å². The SMILES string of the molecule is Oc1cc(-c2ccc(OCc3ccccc3)cc2)ccc1Cl. The van der Waals surface area contributed by atoms with Gasteiger partial charge in [0.15, 0.2) is 0 Å². The van der Waals surface area contributed by atoms with Crippen LogP contribution in [0.15, 0.2) is 72.8 Å². The zero-order valence-corrected chi connectivity index (χ0v) is 12.6. The second-order valence-electron chi connectivity index (χ2n) is 4.96. The van der Waals surface area contributed by atoms with Crippen molar-refractivity contribution in [1.82, 2.24) is 0 Å². The van der Waals surface area contributed by atoms with Crippen molar-refractivity contribution in [1.29, 1.82) is 0 Å². The van der Waals surface area contributed by atoms with Crippen molar-refractivity contribution in [2.45, 2.75) is 6.61 Å². The molecule has 0 amide bonds. The van der Waals surface area contributed by atoms with Crippen LogP contribution >= 0.6 is 11.6 Å². The van der Waals surface area contributed by atoms with E-state index in [2.05, 4.69) is 0 Å². The second kappa shape index (κ2) is 6.54. The standard InChI is InChI=1S/C19H15ClO2/c20-18-11-8-16(12-19(18)21)15-6-9-17(10-7-15)22-13-14-4-2-1-3-5-14/h1-12,21H,13H2. The first-order valence-electron chi connectivity index (χ1n) is 6.98. The molecule has 110 valence electrons. The van der Waals surface area contributed by atoms with Crippen molar-refractivity contribution in [3.8, 4) is 22.6 Å². The Labute approximate surface area is 134 Å². The largest absolute Gasteiger partial charge is 0.506 e. The summed E-state index contributed by atoms with van der Waals surface area (Å²) in [6, 6.07) is 23.0. The number of ether oxygens (including phenoxy) is 1. The first-order chi connectivity index (χ1) is 10.7. The molecule has 0 fully saturated rings. The molecule has 0 unspecified atom stereocenters. The Balaban J connectivity index is 1.71. The molecule has 3 heteroatoms. The lowest BCUT2D eigenvalue weighted by atomic mass is 10.1. The van der Waals surface area contributed by atoms with Crippen LogP contribution < -0.4 is 4.74 Å². The second-order valence-corrected chi connectivity index (χ2v) is 5.37. The van der Waals surface area contributed by atoms with E-state index in [1.165, 1.54) is 0 Å². The van der Waals surface area contributed by atoms with Gasteiger partial charge in [-0.05, 0) is 41.0 Å². The van der Waals surface area contributed by atoms with Gasteiger partial charge in [-0.2, -0.15) is 0 Å². The summed E-state index contributed by atoms with van der Waals surface area (Å²) < 4.78 is 5.76. The van der Waals surface area contributed by atoms with Crippen molar-refractivity contribution in [3.63, 3.8) is 0 Å².